The molecule has 7 nitrogen and oxygen atoms in total. The van der Waals surface area contributed by atoms with E-state index in [4.69, 9.17) is 0 Å². The van der Waals surface area contributed by atoms with Crippen molar-refractivity contribution in [2.45, 2.75) is 31.7 Å². The summed E-state index contributed by atoms with van der Waals surface area (Å²) in [6.45, 7) is 4.11. The van der Waals surface area contributed by atoms with Gasteiger partial charge in [-0.15, -0.1) is 0 Å². The lowest BCUT2D eigenvalue weighted by Gasteiger charge is -2.26. The quantitative estimate of drug-likeness (QED) is 0.752. The zero-order chi connectivity index (χ0) is 16.4. The van der Waals surface area contributed by atoms with E-state index in [-0.39, 0.29) is 18.4 Å². The Morgan fingerprint density at radius 3 is 2.55 bits per heavy atom. The van der Waals surface area contributed by atoms with Crippen LogP contribution in [0.1, 0.15) is 26.2 Å². The van der Waals surface area contributed by atoms with Crippen LogP contribution in [0.4, 0.5) is 0 Å². The lowest BCUT2D eigenvalue weighted by atomic mass is 9.98. The van der Waals surface area contributed by atoms with Crippen molar-refractivity contribution in [3.05, 3.63) is 0 Å². The predicted molar refractivity (Wildman–Crippen MR) is 82.4 cm³/mol. The number of carbonyl (C=O) groups is 1. The van der Waals surface area contributed by atoms with E-state index in [0.29, 0.717) is 32.6 Å². The number of hydrogen-bond acceptors (Lipinski definition) is 5. The molecule has 22 heavy (non-hydrogen) atoms. The number of carbonyl (C=O) groups excluding carboxylic acids is 1. The summed E-state index contributed by atoms with van der Waals surface area (Å²) < 4.78 is 24.6. The van der Waals surface area contributed by atoms with Gasteiger partial charge in [0.15, 0.2) is 0 Å². The monoisotopic (exact) mass is 328 g/mol. The average Bonchev–Trinajstić information content (AvgIpc) is 3.24. The molecule has 0 aromatic rings. The molecule has 1 aliphatic carbocycles. The molecule has 1 saturated heterocycles. The standard InChI is InChI=1S/C14H24N4O3S/c1-14(11-15,12-4-5-12)16-13(19)10-17-6-3-7-18(9-8-17)22(2,20)21/h12H,3-10H2,1-2H3,(H,16,19). The summed E-state index contributed by atoms with van der Waals surface area (Å²) in [4.78, 5) is 14.1. The lowest BCUT2D eigenvalue weighted by Crippen LogP contribution is -2.50. The van der Waals surface area contributed by atoms with Gasteiger partial charge in [-0.05, 0) is 38.6 Å². The summed E-state index contributed by atoms with van der Waals surface area (Å²) in [5.41, 5.74) is -0.776. The fourth-order valence-corrected chi connectivity index (χ4v) is 3.73. The molecule has 1 saturated carbocycles. The van der Waals surface area contributed by atoms with Crippen molar-refractivity contribution < 1.29 is 13.2 Å². The van der Waals surface area contributed by atoms with Crippen molar-refractivity contribution in [3.8, 4) is 6.07 Å². The number of nitrogens with one attached hydrogen (secondary N) is 1. The van der Waals surface area contributed by atoms with Gasteiger partial charge in [0.2, 0.25) is 15.9 Å². The molecule has 0 radical (unpaired) electrons. The Bertz CT molecular complexity index is 567. The molecule has 2 aliphatic rings. The third kappa shape index (κ3) is 4.41. The molecule has 0 spiro atoms. The molecular weight excluding hydrogens is 304 g/mol. The Morgan fingerprint density at radius 1 is 1.32 bits per heavy atom. The van der Waals surface area contributed by atoms with Crippen LogP contribution in [-0.2, 0) is 14.8 Å². The van der Waals surface area contributed by atoms with Gasteiger partial charge in [-0.2, -0.15) is 5.26 Å². The SMILES string of the molecule is CC(C#N)(NC(=O)CN1CCCN(S(C)(=O)=O)CC1)C1CC1. The molecular formula is C14H24N4O3S. The lowest BCUT2D eigenvalue weighted by molar-refractivity contribution is -0.123. The highest BCUT2D eigenvalue weighted by molar-refractivity contribution is 7.88. The van der Waals surface area contributed by atoms with Crippen LogP contribution in [0.2, 0.25) is 0 Å². The minimum absolute atomic E-state index is 0.163. The maximum Gasteiger partial charge on any atom is 0.235 e. The third-order valence-electron chi connectivity index (χ3n) is 4.41. The molecule has 1 aliphatic heterocycles. The maximum absolute atomic E-state index is 12.2. The molecule has 0 bridgehead atoms. The average molecular weight is 328 g/mol. The van der Waals surface area contributed by atoms with Gasteiger partial charge < -0.3 is 5.32 Å². The van der Waals surface area contributed by atoms with E-state index in [9.17, 15) is 18.5 Å². The predicted octanol–water partition coefficient (Wildman–Crippen LogP) is -0.238. The van der Waals surface area contributed by atoms with Crippen LogP contribution < -0.4 is 5.32 Å². The van der Waals surface area contributed by atoms with E-state index in [2.05, 4.69) is 11.4 Å². The summed E-state index contributed by atoms with van der Waals surface area (Å²) >= 11 is 0. The molecule has 2 rings (SSSR count). The van der Waals surface area contributed by atoms with Crippen molar-refractivity contribution in [2.24, 2.45) is 5.92 Å². The first-order valence-corrected chi connectivity index (χ1v) is 9.49. The molecule has 1 atom stereocenters. The second kappa shape index (κ2) is 6.52. The Labute approximate surface area is 132 Å². The van der Waals surface area contributed by atoms with Gasteiger partial charge in [-0.3, -0.25) is 9.69 Å². The summed E-state index contributed by atoms with van der Waals surface area (Å²) in [5.74, 6) is 0.0927. The highest BCUT2D eigenvalue weighted by Crippen LogP contribution is 2.39. The molecule has 0 aromatic carbocycles. The minimum Gasteiger partial charge on any atom is -0.337 e. The van der Waals surface area contributed by atoms with E-state index in [1.54, 1.807) is 6.92 Å². The van der Waals surface area contributed by atoms with Crippen LogP contribution in [0.15, 0.2) is 0 Å². The van der Waals surface area contributed by atoms with Crippen molar-refractivity contribution >= 4 is 15.9 Å². The van der Waals surface area contributed by atoms with Gasteiger partial charge in [0, 0.05) is 19.6 Å². The van der Waals surface area contributed by atoms with Crippen LogP contribution in [-0.4, -0.2) is 68.0 Å². The molecule has 124 valence electrons. The van der Waals surface area contributed by atoms with Gasteiger partial charge >= 0.3 is 0 Å². The summed E-state index contributed by atoms with van der Waals surface area (Å²) in [7, 11) is -3.17. The number of hydrogen-bond donors (Lipinski definition) is 1. The molecule has 1 N–H and O–H groups in total. The van der Waals surface area contributed by atoms with Crippen LogP contribution in [0, 0.1) is 17.2 Å². The van der Waals surface area contributed by atoms with Crippen molar-refractivity contribution in [3.63, 3.8) is 0 Å². The second-order valence-electron chi connectivity index (χ2n) is 6.43. The molecule has 1 heterocycles. The van der Waals surface area contributed by atoms with Crippen molar-refractivity contribution in [1.29, 1.82) is 5.26 Å². The van der Waals surface area contributed by atoms with E-state index in [0.717, 1.165) is 12.8 Å². The summed E-state index contributed by atoms with van der Waals surface area (Å²) in [6, 6.07) is 2.21. The Balaban J connectivity index is 1.86. The summed E-state index contributed by atoms with van der Waals surface area (Å²) in [5, 5.41) is 12.1. The zero-order valence-corrected chi connectivity index (χ0v) is 14.0. The maximum atomic E-state index is 12.2. The van der Waals surface area contributed by atoms with Crippen LogP contribution in [0.25, 0.3) is 0 Å². The number of nitriles is 1. The van der Waals surface area contributed by atoms with Gasteiger partial charge in [0.05, 0.1) is 18.9 Å². The van der Waals surface area contributed by atoms with Gasteiger partial charge in [-0.25, -0.2) is 12.7 Å². The van der Waals surface area contributed by atoms with Crippen LogP contribution >= 0.6 is 0 Å². The topological polar surface area (TPSA) is 93.5 Å². The minimum atomic E-state index is -3.17. The molecule has 8 heteroatoms. The first kappa shape index (κ1) is 17.2. The number of nitrogens with zero attached hydrogens (tertiary/aromatic N) is 3. The zero-order valence-electron chi connectivity index (χ0n) is 13.2. The van der Waals surface area contributed by atoms with Crippen molar-refractivity contribution in [1.82, 2.24) is 14.5 Å². The first-order chi connectivity index (χ1) is 10.2. The van der Waals surface area contributed by atoms with E-state index in [1.807, 2.05) is 4.90 Å². The summed E-state index contributed by atoms with van der Waals surface area (Å²) in [6.07, 6.45) is 3.89. The fourth-order valence-electron chi connectivity index (χ4n) is 2.85. The highest BCUT2D eigenvalue weighted by atomic mass is 32.2. The largest absolute Gasteiger partial charge is 0.337 e. The number of sulfonamides is 1. The van der Waals surface area contributed by atoms with E-state index >= 15 is 0 Å². The highest BCUT2D eigenvalue weighted by Gasteiger charge is 2.43. The third-order valence-corrected chi connectivity index (χ3v) is 5.71. The molecule has 2 fully saturated rings. The number of amides is 1. The smallest absolute Gasteiger partial charge is 0.235 e. The molecule has 0 aromatic heterocycles. The van der Waals surface area contributed by atoms with E-state index < -0.39 is 15.6 Å². The Kier molecular flexibility index (Phi) is 5.10. The fraction of sp³-hybridized carbons (Fsp3) is 0.857. The number of rotatable bonds is 5. The van der Waals surface area contributed by atoms with Gasteiger partial charge in [0.1, 0.15) is 5.54 Å². The van der Waals surface area contributed by atoms with Crippen molar-refractivity contribution in [2.75, 3.05) is 39.0 Å². The van der Waals surface area contributed by atoms with Crippen LogP contribution in [0.3, 0.4) is 0 Å². The van der Waals surface area contributed by atoms with Crippen LogP contribution in [0.5, 0.6) is 0 Å². The van der Waals surface area contributed by atoms with Gasteiger partial charge in [0.25, 0.3) is 0 Å². The normalized spacial score (nSPS) is 24.0. The Morgan fingerprint density at radius 2 is 2.00 bits per heavy atom. The molecule has 1 unspecified atom stereocenters. The van der Waals surface area contributed by atoms with Gasteiger partial charge in [-0.1, -0.05) is 0 Å². The Hall–Kier alpha value is -1.17. The first-order valence-electron chi connectivity index (χ1n) is 7.64. The second-order valence-corrected chi connectivity index (χ2v) is 8.41. The van der Waals surface area contributed by atoms with E-state index in [1.165, 1.54) is 10.6 Å². The molecule has 1 amide bonds.